The number of aromatic amines is 1. The quantitative estimate of drug-likeness (QED) is 0.363. The molecule has 0 unspecified atom stereocenters. The summed E-state index contributed by atoms with van der Waals surface area (Å²) >= 11 is 0. The number of carbonyl (C=O) groups is 1. The number of aryl methyl sites for hydroxylation is 1. The average molecular weight is 490 g/mol. The first-order valence-electron chi connectivity index (χ1n) is 11.8. The Morgan fingerprint density at radius 1 is 1.19 bits per heavy atom. The Balaban J connectivity index is 1.33. The molecule has 0 aliphatic carbocycles. The Morgan fingerprint density at radius 3 is 2.75 bits per heavy atom. The van der Waals surface area contributed by atoms with Crippen molar-refractivity contribution in [2.75, 3.05) is 19.8 Å². The van der Waals surface area contributed by atoms with Gasteiger partial charge in [-0.2, -0.15) is 9.50 Å². The highest BCUT2D eigenvalue weighted by molar-refractivity contribution is 5.98. The lowest BCUT2D eigenvalue weighted by Gasteiger charge is -2.32. The Kier molecular flexibility index (Phi) is 6.53. The third-order valence-electron chi connectivity index (χ3n) is 6.26. The SMILES string of the molecule is Cc1cccc(OCc2cc(=O)n3nc(-c4ccccc4)nc3[nH]2)c1C(=O)NCC1(O)CCOCC1. The molecule has 1 saturated heterocycles. The molecule has 186 valence electrons. The van der Waals surface area contributed by atoms with Gasteiger partial charge in [0.05, 0.1) is 16.9 Å². The van der Waals surface area contributed by atoms with Crippen molar-refractivity contribution in [1.29, 1.82) is 0 Å². The second kappa shape index (κ2) is 9.92. The van der Waals surface area contributed by atoms with Gasteiger partial charge in [-0.25, -0.2) is 0 Å². The minimum Gasteiger partial charge on any atom is -0.487 e. The van der Waals surface area contributed by atoms with E-state index in [4.69, 9.17) is 9.47 Å². The summed E-state index contributed by atoms with van der Waals surface area (Å²) in [6, 6.07) is 16.1. The van der Waals surface area contributed by atoms with Crippen LogP contribution in [0, 0.1) is 6.92 Å². The number of H-pyrrole nitrogens is 1. The van der Waals surface area contributed by atoms with E-state index in [0.29, 0.717) is 54.7 Å². The van der Waals surface area contributed by atoms with Crippen LogP contribution in [-0.2, 0) is 11.3 Å². The maximum Gasteiger partial charge on any atom is 0.276 e. The van der Waals surface area contributed by atoms with E-state index < -0.39 is 5.60 Å². The summed E-state index contributed by atoms with van der Waals surface area (Å²) < 4.78 is 12.5. The van der Waals surface area contributed by atoms with E-state index in [1.807, 2.05) is 43.3 Å². The zero-order chi connectivity index (χ0) is 25.1. The van der Waals surface area contributed by atoms with E-state index in [2.05, 4.69) is 20.4 Å². The fourth-order valence-electron chi connectivity index (χ4n) is 4.19. The summed E-state index contributed by atoms with van der Waals surface area (Å²) in [5.74, 6) is 0.772. The molecular formula is C26H27N5O5. The van der Waals surface area contributed by atoms with Gasteiger partial charge in [-0.15, -0.1) is 5.10 Å². The zero-order valence-electron chi connectivity index (χ0n) is 19.9. The molecule has 10 nitrogen and oxygen atoms in total. The van der Waals surface area contributed by atoms with Gasteiger partial charge in [0.25, 0.3) is 11.5 Å². The number of aliphatic hydroxyl groups is 1. The largest absolute Gasteiger partial charge is 0.487 e. The number of carbonyl (C=O) groups excluding carboxylic acids is 1. The van der Waals surface area contributed by atoms with Crippen molar-refractivity contribution in [2.24, 2.45) is 0 Å². The van der Waals surface area contributed by atoms with E-state index >= 15 is 0 Å². The predicted octanol–water partition coefficient (Wildman–Crippen LogP) is 2.24. The molecule has 1 fully saturated rings. The molecule has 1 amide bonds. The minimum absolute atomic E-state index is 0.0181. The summed E-state index contributed by atoms with van der Waals surface area (Å²) in [5, 5.41) is 17.8. The van der Waals surface area contributed by atoms with Crippen LogP contribution in [0.15, 0.2) is 59.4 Å². The Hall–Kier alpha value is -4.02. The first-order valence-corrected chi connectivity index (χ1v) is 11.8. The number of nitrogens with one attached hydrogen (secondary N) is 2. The summed E-state index contributed by atoms with van der Waals surface area (Å²) in [7, 11) is 0. The molecule has 2 aromatic heterocycles. The fourth-order valence-corrected chi connectivity index (χ4v) is 4.19. The molecule has 0 atom stereocenters. The van der Waals surface area contributed by atoms with Gasteiger partial charge in [0, 0.05) is 44.2 Å². The Morgan fingerprint density at radius 2 is 1.97 bits per heavy atom. The summed E-state index contributed by atoms with van der Waals surface area (Å²) in [4.78, 5) is 33.2. The van der Waals surface area contributed by atoms with Crippen molar-refractivity contribution >= 4 is 11.7 Å². The summed E-state index contributed by atoms with van der Waals surface area (Å²) in [6.07, 6.45) is 0.934. The first-order chi connectivity index (χ1) is 17.4. The molecule has 36 heavy (non-hydrogen) atoms. The topological polar surface area (TPSA) is 131 Å². The molecule has 4 aromatic rings. The number of ether oxygens (including phenoxy) is 2. The fraction of sp³-hybridized carbons (Fsp3) is 0.308. The van der Waals surface area contributed by atoms with Crippen LogP contribution in [0.5, 0.6) is 5.75 Å². The van der Waals surface area contributed by atoms with Crippen LogP contribution >= 0.6 is 0 Å². The van der Waals surface area contributed by atoms with Crippen molar-refractivity contribution < 1.29 is 19.4 Å². The molecular weight excluding hydrogens is 462 g/mol. The first kappa shape index (κ1) is 23.7. The van der Waals surface area contributed by atoms with Crippen LogP contribution < -0.4 is 15.6 Å². The molecule has 10 heteroatoms. The van der Waals surface area contributed by atoms with Gasteiger partial charge < -0.3 is 24.9 Å². The Bertz CT molecular complexity index is 1440. The third-order valence-corrected chi connectivity index (χ3v) is 6.26. The van der Waals surface area contributed by atoms with Crippen LogP contribution in [0.3, 0.4) is 0 Å². The van der Waals surface area contributed by atoms with Crippen LogP contribution in [0.4, 0.5) is 0 Å². The lowest BCUT2D eigenvalue weighted by molar-refractivity contribution is -0.0605. The summed E-state index contributed by atoms with van der Waals surface area (Å²) in [5.41, 5.74) is 1.08. The molecule has 1 aliphatic rings. The number of rotatable bonds is 7. The summed E-state index contributed by atoms with van der Waals surface area (Å²) in [6.45, 7) is 2.90. The number of nitrogens with zero attached hydrogens (tertiary/aromatic N) is 3. The monoisotopic (exact) mass is 489 g/mol. The average Bonchev–Trinajstić information content (AvgIpc) is 3.32. The predicted molar refractivity (Wildman–Crippen MR) is 132 cm³/mol. The maximum absolute atomic E-state index is 13.0. The van der Waals surface area contributed by atoms with Crippen molar-refractivity contribution in [2.45, 2.75) is 32.0 Å². The number of hydrogen-bond acceptors (Lipinski definition) is 7. The minimum atomic E-state index is -0.983. The van der Waals surface area contributed by atoms with Gasteiger partial charge in [-0.05, 0) is 18.6 Å². The van der Waals surface area contributed by atoms with Gasteiger partial charge in [0.15, 0.2) is 5.82 Å². The molecule has 3 N–H and O–H groups in total. The highest BCUT2D eigenvalue weighted by atomic mass is 16.5. The number of amides is 1. The second-order valence-electron chi connectivity index (χ2n) is 8.93. The van der Waals surface area contributed by atoms with Crippen molar-refractivity contribution in [3.8, 4) is 17.1 Å². The molecule has 2 aromatic carbocycles. The highest BCUT2D eigenvalue weighted by Crippen LogP contribution is 2.24. The van der Waals surface area contributed by atoms with Crippen molar-refractivity contribution in [3.05, 3.63) is 81.8 Å². The molecule has 0 spiro atoms. The number of benzene rings is 2. The normalized spacial score (nSPS) is 15.1. The number of aromatic nitrogens is 4. The Labute approximate surface area is 206 Å². The highest BCUT2D eigenvalue weighted by Gasteiger charge is 2.30. The van der Waals surface area contributed by atoms with Crippen molar-refractivity contribution in [1.82, 2.24) is 24.9 Å². The maximum atomic E-state index is 13.0. The standard InChI is InChI=1S/C26H27N5O5/c1-17-6-5-9-20(22(17)24(33)27-16-26(34)10-12-35-13-11-26)36-15-19-14-21(32)31-25(28-19)29-23(30-31)18-7-3-2-4-8-18/h2-9,14,34H,10-13,15-16H2,1H3,(H,27,33)(H,28,29,30). The van der Waals surface area contributed by atoms with Gasteiger partial charge in [-0.1, -0.05) is 42.5 Å². The molecule has 0 bridgehead atoms. The van der Waals surface area contributed by atoms with E-state index in [9.17, 15) is 14.7 Å². The number of fused-ring (bicyclic) bond motifs is 1. The molecule has 0 radical (unpaired) electrons. The molecule has 1 aliphatic heterocycles. The molecule has 5 rings (SSSR count). The third kappa shape index (κ3) is 5.00. The zero-order valence-corrected chi connectivity index (χ0v) is 19.9. The van der Waals surface area contributed by atoms with Crippen LogP contribution in [0.2, 0.25) is 0 Å². The molecule has 3 heterocycles. The van der Waals surface area contributed by atoms with Crippen LogP contribution in [-0.4, -0.2) is 56.0 Å². The van der Waals surface area contributed by atoms with Gasteiger partial charge >= 0.3 is 0 Å². The lowest BCUT2D eigenvalue weighted by Crippen LogP contribution is -2.46. The van der Waals surface area contributed by atoms with Crippen molar-refractivity contribution in [3.63, 3.8) is 0 Å². The lowest BCUT2D eigenvalue weighted by atomic mass is 9.94. The van der Waals surface area contributed by atoms with Crippen LogP contribution in [0.25, 0.3) is 17.2 Å². The molecule has 0 saturated carbocycles. The van der Waals surface area contributed by atoms with E-state index in [0.717, 1.165) is 11.1 Å². The van der Waals surface area contributed by atoms with E-state index in [1.165, 1.54) is 10.6 Å². The second-order valence-corrected chi connectivity index (χ2v) is 8.93. The van der Waals surface area contributed by atoms with Crippen LogP contribution in [0.1, 0.15) is 34.5 Å². The van der Waals surface area contributed by atoms with E-state index in [-0.39, 0.29) is 24.6 Å². The van der Waals surface area contributed by atoms with Gasteiger partial charge in [-0.3, -0.25) is 9.59 Å². The number of hydrogen-bond donors (Lipinski definition) is 3. The van der Waals surface area contributed by atoms with Gasteiger partial charge in [0.2, 0.25) is 5.78 Å². The smallest absolute Gasteiger partial charge is 0.276 e. The van der Waals surface area contributed by atoms with E-state index in [1.54, 1.807) is 12.1 Å². The van der Waals surface area contributed by atoms with Gasteiger partial charge in [0.1, 0.15) is 12.4 Å².